The molecule has 1 atom stereocenters. The molecule has 0 amide bonds. The second-order valence-electron chi connectivity index (χ2n) is 3.99. The van der Waals surface area contributed by atoms with Crippen LogP contribution >= 0.6 is 9.24 Å². The molecule has 0 aliphatic heterocycles. The summed E-state index contributed by atoms with van der Waals surface area (Å²) < 4.78 is 26.5. The largest absolute Gasteiger partial charge is 0.284 e. The highest BCUT2D eigenvalue weighted by molar-refractivity contribution is 7.17. The number of aryl methyl sites for hydroxylation is 1. The first-order valence-corrected chi connectivity index (χ1v) is 5.34. The maximum Gasteiger partial charge on any atom is 0.284 e. The normalized spacial score (nSPS) is 17.1. The molecule has 3 heteroatoms. The van der Waals surface area contributed by atoms with Gasteiger partial charge in [-0.3, -0.25) is 0 Å². The molecule has 0 nitrogen and oxygen atoms in total. The molecular formula is C11H13F2P. The first-order chi connectivity index (χ1) is 6.48. The van der Waals surface area contributed by atoms with Gasteiger partial charge in [-0.25, -0.2) is 0 Å². The first-order valence-electron chi connectivity index (χ1n) is 4.76. The van der Waals surface area contributed by atoms with Gasteiger partial charge >= 0.3 is 0 Å². The Hall–Kier alpha value is -0.490. The Bertz CT molecular complexity index is 351. The molecule has 1 saturated carbocycles. The molecule has 0 radical (unpaired) electrons. The number of hydrogen-bond acceptors (Lipinski definition) is 0. The molecule has 1 aromatic carbocycles. The van der Waals surface area contributed by atoms with Crippen LogP contribution in [0.25, 0.3) is 0 Å². The van der Waals surface area contributed by atoms with Crippen LogP contribution in [0, 0.1) is 6.92 Å². The zero-order valence-corrected chi connectivity index (χ0v) is 9.21. The lowest BCUT2D eigenvalue weighted by molar-refractivity contribution is 0.103. The van der Waals surface area contributed by atoms with E-state index in [2.05, 4.69) is 0 Å². The molecule has 0 heterocycles. The summed E-state index contributed by atoms with van der Waals surface area (Å²) in [7, 11) is 1.63. The van der Waals surface area contributed by atoms with E-state index in [0.717, 1.165) is 24.0 Å². The van der Waals surface area contributed by atoms with Crippen molar-refractivity contribution >= 4 is 9.24 Å². The van der Waals surface area contributed by atoms with Gasteiger partial charge in [-0.1, -0.05) is 26.9 Å². The minimum Gasteiger partial charge on any atom is -0.197 e. The first kappa shape index (κ1) is 10.0. The van der Waals surface area contributed by atoms with Crippen molar-refractivity contribution in [3.8, 4) is 0 Å². The van der Waals surface area contributed by atoms with Crippen LogP contribution < -0.4 is 0 Å². The predicted molar refractivity (Wildman–Crippen MR) is 56.8 cm³/mol. The molecule has 0 spiro atoms. The van der Waals surface area contributed by atoms with E-state index in [1.165, 1.54) is 0 Å². The summed E-state index contributed by atoms with van der Waals surface area (Å²) in [6.45, 7) is 1.84. The fourth-order valence-electron chi connectivity index (χ4n) is 1.71. The van der Waals surface area contributed by atoms with Crippen LogP contribution in [0.3, 0.4) is 0 Å². The van der Waals surface area contributed by atoms with Gasteiger partial charge in [0.1, 0.15) is 0 Å². The van der Waals surface area contributed by atoms with Crippen LogP contribution in [-0.2, 0) is 5.66 Å². The van der Waals surface area contributed by atoms with Crippen LogP contribution in [0.15, 0.2) is 18.2 Å². The van der Waals surface area contributed by atoms with Gasteiger partial charge in [0.2, 0.25) is 0 Å². The summed E-state index contributed by atoms with van der Waals surface area (Å²) >= 11 is 0. The maximum absolute atomic E-state index is 13.2. The van der Waals surface area contributed by atoms with Crippen molar-refractivity contribution in [3.63, 3.8) is 0 Å². The van der Waals surface area contributed by atoms with E-state index in [0.29, 0.717) is 5.92 Å². The lowest BCUT2D eigenvalue weighted by atomic mass is 10.0. The van der Waals surface area contributed by atoms with E-state index >= 15 is 0 Å². The van der Waals surface area contributed by atoms with Gasteiger partial charge in [0, 0.05) is 5.56 Å². The van der Waals surface area contributed by atoms with Gasteiger partial charge in [0.25, 0.3) is 5.66 Å². The third kappa shape index (κ3) is 1.95. The van der Waals surface area contributed by atoms with Gasteiger partial charge in [0.15, 0.2) is 0 Å². The molecule has 1 fully saturated rings. The second kappa shape index (κ2) is 3.27. The quantitative estimate of drug-likeness (QED) is 0.657. The van der Waals surface area contributed by atoms with Crippen LogP contribution in [0.1, 0.15) is 35.4 Å². The summed E-state index contributed by atoms with van der Waals surface area (Å²) in [6.07, 6.45) is 2.10. The molecule has 0 saturated heterocycles. The molecule has 1 unspecified atom stereocenters. The highest BCUT2D eigenvalue weighted by atomic mass is 31.0. The molecule has 1 aromatic rings. The zero-order chi connectivity index (χ0) is 10.3. The molecule has 14 heavy (non-hydrogen) atoms. The average molecular weight is 214 g/mol. The summed E-state index contributed by atoms with van der Waals surface area (Å²) in [5.74, 6) is 0.372. The number of halogens is 2. The Kier molecular flexibility index (Phi) is 2.35. The molecule has 76 valence electrons. The number of alkyl halides is 2. The fourth-order valence-corrected chi connectivity index (χ4v) is 1.96. The van der Waals surface area contributed by atoms with E-state index < -0.39 is 5.66 Å². The molecule has 0 aromatic heterocycles. The molecular weight excluding hydrogens is 201 g/mol. The Morgan fingerprint density at radius 2 is 2.00 bits per heavy atom. The van der Waals surface area contributed by atoms with Gasteiger partial charge in [-0.15, -0.1) is 0 Å². The Morgan fingerprint density at radius 1 is 1.36 bits per heavy atom. The summed E-state index contributed by atoms with van der Waals surface area (Å²) in [5, 5.41) is 0. The minimum atomic E-state index is -2.79. The number of hydrogen-bond donors (Lipinski definition) is 0. The van der Waals surface area contributed by atoms with Crippen molar-refractivity contribution in [2.45, 2.75) is 31.3 Å². The molecule has 2 rings (SSSR count). The predicted octanol–water partition coefficient (Wildman–Crippen LogP) is 3.80. The van der Waals surface area contributed by atoms with Gasteiger partial charge < -0.3 is 0 Å². The van der Waals surface area contributed by atoms with Gasteiger partial charge in [-0.05, 0) is 37.3 Å². The van der Waals surface area contributed by atoms with Crippen molar-refractivity contribution in [1.82, 2.24) is 0 Å². The van der Waals surface area contributed by atoms with E-state index in [4.69, 9.17) is 0 Å². The molecule has 0 bridgehead atoms. The lowest BCUT2D eigenvalue weighted by Gasteiger charge is -2.16. The highest BCUT2D eigenvalue weighted by Crippen LogP contribution is 2.47. The number of benzene rings is 1. The smallest absolute Gasteiger partial charge is 0.197 e. The Balaban J connectivity index is 2.48. The van der Waals surface area contributed by atoms with Gasteiger partial charge in [0.05, 0.1) is 0 Å². The third-order valence-electron chi connectivity index (χ3n) is 2.59. The monoisotopic (exact) mass is 214 g/mol. The van der Waals surface area contributed by atoms with E-state index in [-0.39, 0.29) is 5.56 Å². The third-order valence-corrected chi connectivity index (χ3v) is 2.90. The van der Waals surface area contributed by atoms with Crippen LogP contribution in [0.5, 0.6) is 0 Å². The standard InChI is InChI=1S/C11H13F2P/c1-7-2-5-9(8-3-4-8)10(6-7)11(12,13)14/h2,5-6,8H,3-4,14H2,1H3. The lowest BCUT2D eigenvalue weighted by Crippen LogP contribution is -2.06. The summed E-state index contributed by atoms with van der Waals surface area (Å²) in [6, 6.07) is 5.36. The Labute approximate surface area is 84.9 Å². The van der Waals surface area contributed by atoms with E-state index in [9.17, 15) is 8.78 Å². The fraction of sp³-hybridized carbons (Fsp3) is 0.455. The second-order valence-corrected chi connectivity index (χ2v) is 4.71. The SMILES string of the molecule is Cc1ccc(C2CC2)c(C(F)(F)P)c1. The van der Waals surface area contributed by atoms with Crippen LogP contribution in [0.4, 0.5) is 8.78 Å². The molecule has 1 aliphatic rings. The topological polar surface area (TPSA) is 0 Å². The van der Waals surface area contributed by atoms with Crippen LogP contribution in [0.2, 0.25) is 0 Å². The van der Waals surface area contributed by atoms with Crippen molar-refractivity contribution in [1.29, 1.82) is 0 Å². The average Bonchev–Trinajstić information content (AvgIpc) is 2.85. The van der Waals surface area contributed by atoms with E-state index in [1.54, 1.807) is 15.3 Å². The van der Waals surface area contributed by atoms with Crippen molar-refractivity contribution in [3.05, 3.63) is 34.9 Å². The molecule has 0 N–H and O–H groups in total. The zero-order valence-electron chi connectivity index (χ0n) is 8.06. The number of rotatable bonds is 2. The Morgan fingerprint density at radius 3 is 2.50 bits per heavy atom. The van der Waals surface area contributed by atoms with Crippen molar-refractivity contribution < 1.29 is 8.78 Å². The van der Waals surface area contributed by atoms with Crippen molar-refractivity contribution in [2.75, 3.05) is 0 Å². The van der Waals surface area contributed by atoms with E-state index in [1.807, 2.05) is 19.1 Å². The highest BCUT2D eigenvalue weighted by Gasteiger charge is 2.34. The summed E-state index contributed by atoms with van der Waals surface area (Å²) in [4.78, 5) is 0. The van der Waals surface area contributed by atoms with Crippen LogP contribution in [-0.4, -0.2) is 0 Å². The van der Waals surface area contributed by atoms with Gasteiger partial charge in [-0.2, -0.15) is 8.78 Å². The molecule has 1 aliphatic carbocycles. The summed E-state index contributed by atoms with van der Waals surface area (Å²) in [5.41, 5.74) is -0.878. The van der Waals surface area contributed by atoms with Crippen molar-refractivity contribution in [2.24, 2.45) is 0 Å². The maximum atomic E-state index is 13.2. The minimum absolute atomic E-state index is 0.185.